The largest absolute Gasteiger partial charge is 0.542 e. The SMILES string of the molecule is CC(C)C(=C=O)/C(O[Si](C(C)C)(C(C)C)C(C)C)=C1\CCC(C)c2ccc(Br)cc21. The first-order valence-electron chi connectivity index (χ1n) is 11.4. The van der Waals surface area contributed by atoms with E-state index in [0.717, 1.165) is 23.1 Å². The summed E-state index contributed by atoms with van der Waals surface area (Å²) < 4.78 is 8.28. The van der Waals surface area contributed by atoms with Gasteiger partial charge < -0.3 is 4.43 Å². The van der Waals surface area contributed by atoms with Gasteiger partial charge in [-0.05, 0) is 64.6 Å². The number of allylic oxidation sites excluding steroid dienone is 2. The highest BCUT2D eigenvalue weighted by atomic mass is 79.9. The molecule has 0 fully saturated rings. The van der Waals surface area contributed by atoms with Crippen molar-refractivity contribution in [1.29, 1.82) is 0 Å². The minimum atomic E-state index is -2.22. The van der Waals surface area contributed by atoms with Crippen molar-refractivity contribution in [3.05, 3.63) is 45.1 Å². The van der Waals surface area contributed by atoms with E-state index in [2.05, 4.69) is 102 Å². The Morgan fingerprint density at radius 3 is 2.10 bits per heavy atom. The van der Waals surface area contributed by atoms with Crippen LogP contribution in [0.25, 0.3) is 5.57 Å². The monoisotopic (exact) mass is 490 g/mol. The van der Waals surface area contributed by atoms with E-state index in [4.69, 9.17) is 4.43 Å². The van der Waals surface area contributed by atoms with Crippen LogP contribution < -0.4 is 0 Å². The van der Waals surface area contributed by atoms with Crippen molar-refractivity contribution >= 4 is 35.8 Å². The maximum atomic E-state index is 12.2. The molecule has 0 saturated carbocycles. The molecule has 166 valence electrons. The number of carbonyl (C=O) groups excluding carboxylic acids is 1. The van der Waals surface area contributed by atoms with Crippen molar-refractivity contribution in [3.63, 3.8) is 0 Å². The fraction of sp³-hybridized carbons (Fsp3) is 0.615. The van der Waals surface area contributed by atoms with E-state index in [1.165, 1.54) is 16.7 Å². The lowest BCUT2D eigenvalue weighted by Gasteiger charge is -2.44. The second-order valence-corrected chi connectivity index (χ2v) is 16.4. The molecule has 0 heterocycles. The second-order valence-electron chi connectivity index (χ2n) is 10.1. The molecule has 0 aromatic heterocycles. The van der Waals surface area contributed by atoms with E-state index in [9.17, 15) is 4.79 Å². The van der Waals surface area contributed by atoms with E-state index in [0.29, 0.717) is 28.1 Å². The van der Waals surface area contributed by atoms with Crippen LogP contribution in [0.1, 0.15) is 92.2 Å². The molecule has 30 heavy (non-hydrogen) atoms. The Labute approximate surface area is 193 Å². The number of hydrogen-bond donors (Lipinski definition) is 0. The Balaban J connectivity index is 2.85. The van der Waals surface area contributed by atoms with Gasteiger partial charge in [-0.25, -0.2) is 4.79 Å². The van der Waals surface area contributed by atoms with Crippen molar-refractivity contribution in [1.82, 2.24) is 0 Å². The number of fused-ring (bicyclic) bond motifs is 1. The van der Waals surface area contributed by atoms with Gasteiger partial charge in [-0.1, -0.05) is 84.3 Å². The summed E-state index contributed by atoms with van der Waals surface area (Å²) in [5.74, 6) is 3.69. The first-order valence-corrected chi connectivity index (χ1v) is 14.4. The van der Waals surface area contributed by atoms with E-state index in [-0.39, 0.29) is 5.92 Å². The summed E-state index contributed by atoms with van der Waals surface area (Å²) in [6.07, 6.45) is 2.00. The zero-order valence-corrected chi connectivity index (χ0v) is 22.8. The Morgan fingerprint density at radius 1 is 1.07 bits per heavy atom. The molecule has 0 radical (unpaired) electrons. The van der Waals surface area contributed by atoms with Crippen molar-refractivity contribution in [2.45, 2.75) is 97.7 Å². The van der Waals surface area contributed by atoms with Crippen LogP contribution in [0.2, 0.25) is 16.6 Å². The van der Waals surface area contributed by atoms with Crippen LogP contribution in [0, 0.1) is 5.92 Å². The molecular formula is C26H39BrO2Si. The number of hydrogen-bond acceptors (Lipinski definition) is 2. The first-order chi connectivity index (χ1) is 14.0. The zero-order valence-electron chi connectivity index (χ0n) is 20.2. The summed E-state index contributed by atoms with van der Waals surface area (Å²) in [7, 11) is -2.22. The molecule has 4 heteroatoms. The smallest absolute Gasteiger partial charge is 0.258 e. The summed E-state index contributed by atoms with van der Waals surface area (Å²) in [5, 5.41) is 0. The highest BCUT2D eigenvalue weighted by molar-refractivity contribution is 9.10. The molecule has 1 aliphatic rings. The lowest BCUT2D eigenvalue weighted by atomic mass is 9.79. The van der Waals surface area contributed by atoms with Crippen molar-refractivity contribution in [2.24, 2.45) is 5.92 Å². The molecular weight excluding hydrogens is 452 g/mol. The van der Waals surface area contributed by atoms with E-state index in [1.54, 1.807) is 0 Å². The predicted octanol–water partition coefficient (Wildman–Crippen LogP) is 8.66. The summed E-state index contributed by atoms with van der Waals surface area (Å²) in [6.45, 7) is 20.2. The number of benzene rings is 1. The van der Waals surface area contributed by atoms with Crippen LogP contribution in [0.3, 0.4) is 0 Å². The van der Waals surface area contributed by atoms with Crippen LogP contribution in [0.15, 0.2) is 34.0 Å². The first kappa shape index (κ1) is 25.2. The van der Waals surface area contributed by atoms with Crippen LogP contribution in [-0.2, 0) is 9.22 Å². The Kier molecular flexibility index (Phi) is 8.41. The molecule has 0 N–H and O–H groups in total. The topological polar surface area (TPSA) is 26.3 Å². The van der Waals surface area contributed by atoms with Crippen LogP contribution >= 0.6 is 15.9 Å². The fourth-order valence-corrected chi connectivity index (χ4v) is 11.0. The molecule has 1 aromatic carbocycles. The standard InChI is InChI=1S/C26H39BrO2Si/c1-16(2)25(15-28)26(29-30(17(3)4,18(5)6)19(7)8)23-12-10-20(9)22-13-11-21(27)14-24(22)23/h11,13-14,16-20H,10,12H2,1-9H3/b26-23-. The lowest BCUT2D eigenvalue weighted by Crippen LogP contribution is -2.48. The van der Waals surface area contributed by atoms with Gasteiger partial charge in [0.1, 0.15) is 11.7 Å². The Bertz CT molecular complexity index is 823. The van der Waals surface area contributed by atoms with Gasteiger partial charge in [0.2, 0.25) is 0 Å². The summed E-state index contributed by atoms with van der Waals surface area (Å²) >= 11 is 3.66. The third kappa shape index (κ3) is 4.71. The second kappa shape index (κ2) is 10.0. The lowest BCUT2D eigenvalue weighted by molar-refractivity contribution is 0.372. The summed E-state index contributed by atoms with van der Waals surface area (Å²) in [6, 6.07) is 6.54. The maximum absolute atomic E-state index is 12.2. The Hall–Kier alpha value is -1.09. The molecule has 0 bridgehead atoms. The molecule has 1 unspecified atom stereocenters. The molecule has 0 saturated heterocycles. The normalized spacial score (nSPS) is 18.7. The van der Waals surface area contributed by atoms with E-state index >= 15 is 0 Å². The fourth-order valence-electron chi connectivity index (χ4n) is 5.34. The highest BCUT2D eigenvalue weighted by Gasteiger charge is 2.48. The molecule has 1 aliphatic carbocycles. The Morgan fingerprint density at radius 2 is 1.63 bits per heavy atom. The molecule has 2 rings (SSSR count). The molecule has 0 amide bonds. The van der Waals surface area contributed by atoms with Gasteiger partial charge in [-0.2, -0.15) is 0 Å². The third-order valence-electron chi connectivity index (χ3n) is 6.89. The van der Waals surface area contributed by atoms with Gasteiger partial charge in [0, 0.05) is 10.0 Å². The van der Waals surface area contributed by atoms with Gasteiger partial charge in [-0.3, -0.25) is 0 Å². The predicted molar refractivity (Wildman–Crippen MR) is 135 cm³/mol. The van der Waals surface area contributed by atoms with Gasteiger partial charge in [-0.15, -0.1) is 0 Å². The average molecular weight is 492 g/mol. The number of halogens is 1. The quantitative estimate of drug-likeness (QED) is 0.217. The van der Waals surface area contributed by atoms with Crippen molar-refractivity contribution in [2.75, 3.05) is 0 Å². The summed E-state index contributed by atoms with van der Waals surface area (Å²) in [5.41, 5.74) is 5.78. The molecule has 0 spiro atoms. The van der Waals surface area contributed by atoms with E-state index < -0.39 is 8.32 Å². The zero-order chi connectivity index (χ0) is 22.8. The molecule has 2 nitrogen and oxygen atoms in total. The van der Waals surface area contributed by atoms with Crippen LogP contribution in [-0.4, -0.2) is 14.3 Å². The average Bonchev–Trinajstić information content (AvgIpc) is 2.64. The maximum Gasteiger partial charge on any atom is 0.258 e. The highest BCUT2D eigenvalue weighted by Crippen LogP contribution is 2.48. The van der Waals surface area contributed by atoms with Gasteiger partial charge in [0.05, 0.1) is 5.57 Å². The van der Waals surface area contributed by atoms with Gasteiger partial charge in [0.15, 0.2) is 0 Å². The van der Waals surface area contributed by atoms with Gasteiger partial charge in [0.25, 0.3) is 8.32 Å². The molecule has 0 aliphatic heterocycles. The van der Waals surface area contributed by atoms with E-state index in [1.807, 2.05) is 0 Å². The third-order valence-corrected chi connectivity index (χ3v) is 13.4. The van der Waals surface area contributed by atoms with Crippen molar-refractivity contribution < 1.29 is 9.22 Å². The number of rotatable bonds is 7. The summed E-state index contributed by atoms with van der Waals surface area (Å²) in [4.78, 5) is 12.2. The van der Waals surface area contributed by atoms with Gasteiger partial charge >= 0.3 is 0 Å². The minimum Gasteiger partial charge on any atom is -0.542 e. The molecule has 1 atom stereocenters. The minimum absolute atomic E-state index is 0.0677. The van der Waals surface area contributed by atoms with Crippen LogP contribution in [0.4, 0.5) is 0 Å². The van der Waals surface area contributed by atoms with Crippen LogP contribution in [0.5, 0.6) is 0 Å². The molecule has 1 aromatic rings. The van der Waals surface area contributed by atoms with Crippen molar-refractivity contribution in [3.8, 4) is 0 Å².